The molecule has 0 unspecified atom stereocenters. The van der Waals surface area contributed by atoms with E-state index in [1.165, 1.54) is 83.5 Å². The maximum Gasteiger partial charge on any atom is 1.00 e. The van der Waals surface area contributed by atoms with Crippen molar-refractivity contribution >= 4 is 0 Å². The zero-order valence-corrected chi connectivity index (χ0v) is 14.8. The Kier molecular flexibility index (Phi) is 23.1. The van der Waals surface area contributed by atoms with Crippen molar-refractivity contribution in [1.29, 1.82) is 0 Å². The Hall–Kier alpha value is 1.00. The molecule has 0 nitrogen and oxygen atoms in total. The number of hydrogen-bond acceptors (Lipinski definition) is 0. The van der Waals surface area contributed by atoms with Gasteiger partial charge in [0, 0.05) is 0 Å². The first-order valence-corrected chi connectivity index (χ1v) is 7.73. The van der Waals surface area contributed by atoms with Crippen molar-refractivity contribution in [2.24, 2.45) is 0 Å². The molecule has 0 spiro atoms. The van der Waals surface area contributed by atoms with Gasteiger partial charge >= 0.3 is 29.6 Å². The van der Waals surface area contributed by atoms with Gasteiger partial charge in [0.25, 0.3) is 0 Å². The van der Waals surface area contributed by atoms with E-state index < -0.39 is 0 Å². The van der Waals surface area contributed by atoms with E-state index in [9.17, 15) is 0 Å². The third-order valence-corrected chi connectivity index (χ3v) is 3.27. The minimum atomic E-state index is 0. The van der Waals surface area contributed by atoms with E-state index in [0.717, 1.165) is 0 Å². The van der Waals surface area contributed by atoms with Crippen LogP contribution in [0.3, 0.4) is 0 Å². The summed E-state index contributed by atoms with van der Waals surface area (Å²) < 4.78 is 0. The smallest absolute Gasteiger partial charge is 0.328 e. The average Bonchev–Trinajstić information content (AvgIpc) is 2.31. The maximum atomic E-state index is 2.52. The SMILES string of the molecule is CCCCCC[CH-]CCCCCCCCC.[Na+]. The zero-order valence-electron chi connectivity index (χ0n) is 12.8. The molecule has 0 aliphatic carbocycles. The molecule has 0 saturated heterocycles. The molecule has 0 radical (unpaired) electrons. The first-order valence-electron chi connectivity index (χ1n) is 7.73. The quantitative estimate of drug-likeness (QED) is 0.266. The van der Waals surface area contributed by atoms with Crippen LogP contribution >= 0.6 is 0 Å². The van der Waals surface area contributed by atoms with Crippen LogP contribution in [0.1, 0.15) is 97.3 Å². The topological polar surface area (TPSA) is 0 Å². The van der Waals surface area contributed by atoms with E-state index in [1.807, 2.05) is 0 Å². The fourth-order valence-electron chi connectivity index (χ4n) is 2.11. The molecule has 0 bridgehead atoms. The Labute approximate surface area is 133 Å². The molecule has 0 aromatic rings. The summed E-state index contributed by atoms with van der Waals surface area (Å²) in [5.74, 6) is 0. The van der Waals surface area contributed by atoms with E-state index in [4.69, 9.17) is 0 Å². The first-order chi connectivity index (χ1) is 7.91. The number of unbranched alkanes of at least 4 members (excludes halogenated alkanes) is 13. The molecule has 0 aromatic carbocycles. The fourth-order valence-corrected chi connectivity index (χ4v) is 2.11. The molecule has 0 saturated carbocycles. The molecule has 1 heteroatoms. The van der Waals surface area contributed by atoms with Crippen molar-refractivity contribution in [3.63, 3.8) is 0 Å². The van der Waals surface area contributed by atoms with Gasteiger partial charge in [-0.25, -0.2) is 0 Å². The summed E-state index contributed by atoms with van der Waals surface area (Å²) in [6.07, 6.45) is 20.9. The van der Waals surface area contributed by atoms with Crippen molar-refractivity contribution in [3.8, 4) is 0 Å². The largest absolute Gasteiger partial charge is 1.00 e. The predicted octanol–water partition coefficient (Wildman–Crippen LogP) is 3.31. The molecule has 0 aromatic heterocycles. The van der Waals surface area contributed by atoms with Gasteiger partial charge in [0.1, 0.15) is 0 Å². The summed E-state index contributed by atoms with van der Waals surface area (Å²) in [6, 6.07) is 0. The number of hydrogen-bond donors (Lipinski definition) is 0. The summed E-state index contributed by atoms with van der Waals surface area (Å²) in [7, 11) is 0. The van der Waals surface area contributed by atoms with Gasteiger partial charge in [-0.15, -0.1) is 0 Å². The predicted molar refractivity (Wildman–Crippen MR) is 75.7 cm³/mol. The van der Waals surface area contributed by atoms with Crippen molar-refractivity contribution in [2.75, 3.05) is 0 Å². The third-order valence-electron chi connectivity index (χ3n) is 3.27. The standard InChI is InChI=1S/C16H33.Na/c1-3-5-7-9-11-13-15-16-14-12-10-8-6-4-2;/h13H,3-12,14-16H2,1-2H3;/q-1;+1. The van der Waals surface area contributed by atoms with Gasteiger partial charge in [-0.3, -0.25) is 0 Å². The normalized spacial score (nSPS) is 10.2. The molecular formula is C16H33Na. The van der Waals surface area contributed by atoms with Crippen LogP contribution in [0, 0.1) is 6.42 Å². The van der Waals surface area contributed by atoms with Gasteiger partial charge in [0.15, 0.2) is 0 Å². The van der Waals surface area contributed by atoms with Crippen LogP contribution in [0.4, 0.5) is 0 Å². The summed E-state index contributed by atoms with van der Waals surface area (Å²) in [5, 5.41) is 0. The van der Waals surface area contributed by atoms with Gasteiger partial charge in [0.2, 0.25) is 0 Å². The Morgan fingerprint density at radius 2 is 0.882 bits per heavy atom. The van der Waals surface area contributed by atoms with Crippen molar-refractivity contribution in [3.05, 3.63) is 6.42 Å². The maximum absolute atomic E-state index is 2.52. The first kappa shape index (κ1) is 20.3. The molecule has 0 fully saturated rings. The summed E-state index contributed by atoms with van der Waals surface area (Å²) in [6.45, 7) is 4.57. The average molecular weight is 248 g/mol. The van der Waals surface area contributed by atoms with Crippen LogP contribution in [-0.4, -0.2) is 0 Å². The van der Waals surface area contributed by atoms with Gasteiger partial charge in [0.05, 0.1) is 0 Å². The van der Waals surface area contributed by atoms with E-state index >= 15 is 0 Å². The van der Waals surface area contributed by atoms with E-state index in [2.05, 4.69) is 20.3 Å². The second kappa shape index (κ2) is 19.3. The molecule has 0 amide bonds. The van der Waals surface area contributed by atoms with E-state index in [-0.39, 0.29) is 29.6 Å². The van der Waals surface area contributed by atoms with Crippen LogP contribution < -0.4 is 29.6 Å². The molecule has 0 heterocycles. The molecule has 0 atom stereocenters. The zero-order chi connectivity index (χ0) is 11.9. The van der Waals surface area contributed by atoms with E-state index in [0.29, 0.717) is 0 Å². The Morgan fingerprint density at radius 3 is 1.35 bits per heavy atom. The van der Waals surface area contributed by atoms with Gasteiger partial charge < -0.3 is 6.42 Å². The van der Waals surface area contributed by atoms with Crippen molar-refractivity contribution in [1.82, 2.24) is 0 Å². The molecule has 98 valence electrons. The fraction of sp³-hybridized carbons (Fsp3) is 0.938. The Morgan fingerprint density at radius 1 is 0.529 bits per heavy atom. The van der Waals surface area contributed by atoms with Crippen LogP contribution in [0.5, 0.6) is 0 Å². The van der Waals surface area contributed by atoms with E-state index in [1.54, 1.807) is 0 Å². The molecule has 0 aliphatic heterocycles. The monoisotopic (exact) mass is 248 g/mol. The minimum absolute atomic E-state index is 0. The number of rotatable bonds is 13. The van der Waals surface area contributed by atoms with Gasteiger partial charge in [-0.05, 0) is 0 Å². The van der Waals surface area contributed by atoms with Crippen LogP contribution in [0.15, 0.2) is 0 Å². The van der Waals surface area contributed by atoms with Gasteiger partial charge in [-0.2, -0.15) is 12.8 Å². The Balaban J connectivity index is 0. The Bertz CT molecular complexity index is 98.1. The minimum Gasteiger partial charge on any atom is -0.328 e. The van der Waals surface area contributed by atoms with Crippen molar-refractivity contribution < 1.29 is 29.6 Å². The summed E-state index contributed by atoms with van der Waals surface area (Å²) >= 11 is 0. The summed E-state index contributed by atoms with van der Waals surface area (Å²) in [4.78, 5) is 0. The van der Waals surface area contributed by atoms with Gasteiger partial charge in [-0.1, -0.05) is 84.5 Å². The molecule has 0 rings (SSSR count). The second-order valence-corrected chi connectivity index (χ2v) is 5.05. The van der Waals surface area contributed by atoms with Crippen molar-refractivity contribution in [2.45, 2.75) is 97.3 Å². The second-order valence-electron chi connectivity index (χ2n) is 5.05. The molecule has 0 N–H and O–H groups in total. The molecule has 17 heavy (non-hydrogen) atoms. The summed E-state index contributed by atoms with van der Waals surface area (Å²) in [5.41, 5.74) is 0. The van der Waals surface area contributed by atoms with Crippen LogP contribution in [0.25, 0.3) is 0 Å². The van der Waals surface area contributed by atoms with Crippen LogP contribution in [0.2, 0.25) is 0 Å². The molecular weight excluding hydrogens is 215 g/mol. The molecule has 0 aliphatic rings. The third kappa shape index (κ3) is 19.5. The van der Waals surface area contributed by atoms with Crippen LogP contribution in [-0.2, 0) is 0 Å².